The Hall–Kier alpha value is -2.82. The molecule has 0 fully saturated rings. The zero-order valence-corrected chi connectivity index (χ0v) is 11.1. The van der Waals surface area contributed by atoms with Crippen LogP contribution in [0.3, 0.4) is 0 Å². The maximum atomic E-state index is 13.0. The fourth-order valence-corrected chi connectivity index (χ4v) is 2.03. The fourth-order valence-electron chi connectivity index (χ4n) is 2.03. The van der Waals surface area contributed by atoms with Crippen LogP contribution in [0.5, 0.6) is 5.75 Å². The van der Waals surface area contributed by atoms with Gasteiger partial charge in [-0.1, -0.05) is 6.07 Å². The summed E-state index contributed by atoms with van der Waals surface area (Å²) in [6, 6.07) is 13.2. The van der Waals surface area contributed by atoms with Crippen molar-refractivity contribution < 1.29 is 13.9 Å². The molecular formula is C16H13FN2O2. The summed E-state index contributed by atoms with van der Waals surface area (Å²) in [5.41, 5.74) is 1.41. The largest absolute Gasteiger partial charge is 0.484 e. The van der Waals surface area contributed by atoms with Crippen LogP contribution in [0.4, 0.5) is 10.1 Å². The number of aromatic nitrogens is 1. The third-order valence-corrected chi connectivity index (χ3v) is 3.00. The van der Waals surface area contributed by atoms with E-state index in [9.17, 15) is 9.18 Å². The number of rotatable bonds is 4. The van der Waals surface area contributed by atoms with Gasteiger partial charge in [-0.3, -0.25) is 4.79 Å². The van der Waals surface area contributed by atoms with E-state index in [1.165, 1.54) is 18.2 Å². The number of halogens is 1. The van der Waals surface area contributed by atoms with Crippen molar-refractivity contribution in [3.63, 3.8) is 0 Å². The fraction of sp³-hybridized carbons (Fsp3) is 0.0625. The Kier molecular flexibility index (Phi) is 3.55. The van der Waals surface area contributed by atoms with Crippen molar-refractivity contribution in [1.29, 1.82) is 0 Å². The molecule has 0 aliphatic rings. The third-order valence-electron chi connectivity index (χ3n) is 3.00. The van der Waals surface area contributed by atoms with Crippen LogP contribution in [0.2, 0.25) is 0 Å². The predicted octanol–water partition coefficient (Wildman–Crippen LogP) is 3.32. The number of aromatic amines is 1. The lowest BCUT2D eigenvalue weighted by Gasteiger charge is -2.07. The second kappa shape index (κ2) is 5.66. The lowest BCUT2D eigenvalue weighted by molar-refractivity contribution is -0.118. The highest BCUT2D eigenvalue weighted by Crippen LogP contribution is 2.19. The van der Waals surface area contributed by atoms with Crippen molar-refractivity contribution in [2.24, 2.45) is 0 Å². The second-order valence-corrected chi connectivity index (χ2v) is 4.57. The van der Waals surface area contributed by atoms with Gasteiger partial charge in [0.05, 0.1) is 0 Å². The lowest BCUT2D eigenvalue weighted by atomic mass is 10.2. The molecule has 1 amide bonds. The van der Waals surface area contributed by atoms with E-state index in [2.05, 4.69) is 10.3 Å². The first-order valence-corrected chi connectivity index (χ1v) is 6.46. The highest BCUT2D eigenvalue weighted by Gasteiger charge is 2.05. The van der Waals surface area contributed by atoms with Gasteiger partial charge in [-0.15, -0.1) is 0 Å². The highest BCUT2D eigenvalue weighted by molar-refractivity contribution is 5.92. The number of carbonyl (C=O) groups is 1. The molecule has 0 aliphatic heterocycles. The molecule has 0 spiro atoms. The Morgan fingerprint density at radius 3 is 2.95 bits per heavy atom. The maximum absolute atomic E-state index is 13.0. The van der Waals surface area contributed by atoms with E-state index in [1.807, 2.05) is 24.4 Å². The van der Waals surface area contributed by atoms with Gasteiger partial charge in [0.25, 0.3) is 5.91 Å². The SMILES string of the molecule is O=C(COc1ccc2[nH]ccc2c1)Nc1cccc(F)c1. The topological polar surface area (TPSA) is 54.1 Å². The summed E-state index contributed by atoms with van der Waals surface area (Å²) in [6.45, 7) is -0.132. The predicted molar refractivity (Wildman–Crippen MR) is 78.8 cm³/mol. The average molecular weight is 284 g/mol. The zero-order chi connectivity index (χ0) is 14.7. The van der Waals surface area contributed by atoms with Gasteiger partial charge in [-0.2, -0.15) is 0 Å². The van der Waals surface area contributed by atoms with Crippen molar-refractivity contribution in [3.05, 3.63) is 60.5 Å². The Bertz CT molecular complexity index is 783. The van der Waals surface area contributed by atoms with Gasteiger partial charge in [-0.05, 0) is 42.5 Å². The molecule has 5 heteroatoms. The average Bonchev–Trinajstić information content (AvgIpc) is 2.92. The molecule has 3 aromatic rings. The molecule has 0 atom stereocenters. The molecule has 4 nitrogen and oxygen atoms in total. The standard InChI is InChI=1S/C16H13FN2O2/c17-12-2-1-3-13(9-12)19-16(20)10-21-14-4-5-15-11(8-14)6-7-18-15/h1-9,18H,10H2,(H,19,20). The number of H-pyrrole nitrogens is 1. The van der Waals surface area contributed by atoms with Crippen LogP contribution in [0, 0.1) is 5.82 Å². The second-order valence-electron chi connectivity index (χ2n) is 4.57. The Morgan fingerprint density at radius 2 is 2.10 bits per heavy atom. The molecule has 106 valence electrons. The van der Waals surface area contributed by atoms with Gasteiger partial charge in [0.2, 0.25) is 0 Å². The molecule has 0 aliphatic carbocycles. The normalized spacial score (nSPS) is 10.5. The monoisotopic (exact) mass is 284 g/mol. The first-order chi connectivity index (χ1) is 10.2. The Morgan fingerprint density at radius 1 is 1.19 bits per heavy atom. The molecule has 3 rings (SSSR count). The smallest absolute Gasteiger partial charge is 0.262 e. The van der Waals surface area contributed by atoms with E-state index in [0.717, 1.165) is 10.9 Å². The van der Waals surface area contributed by atoms with Crippen LogP contribution < -0.4 is 10.1 Å². The summed E-state index contributed by atoms with van der Waals surface area (Å²) in [7, 11) is 0. The molecule has 1 heterocycles. The van der Waals surface area contributed by atoms with Crippen LogP contribution in [-0.2, 0) is 4.79 Å². The number of fused-ring (bicyclic) bond motifs is 1. The van der Waals surface area contributed by atoms with Crippen LogP contribution in [0.25, 0.3) is 10.9 Å². The van der Waals surface area contributed by atoms with Crippen LogP contribution >= 0.6 is 0 Å². The van der Waals surface area contributed by atoms with Crippen molar-refractivity contribution in [2.75, 3.05) is 11.9 Å². The molecule has 0 unspecified atom stereocenters. The minimum atomic E-state index is -0.397. The summed E-state index contributed by atoms with van der Waals surface area (Å²) in [4.78, 5) is 14.8. The summed E-state index contributed by atoms with van der Waals surface area (Å²) in [6.07, 6.45) is 1.84. The van der Waals surface area contributed by atoms with Crippen molar-refractivity contribution in [2.45, 2.75) is 0 Å². The first-order valence-electron chi connectivity index (χ1n) is 6.46. The number of amides is 1. The molecule has 0 saturated heterocycles. The van der Waals surface area contributed by atoms with E-state index in [1.54, 1.807) is 12.1 Å². The van der Waals surface area contributed by atoms with Crippen LogP contribution in [0.15, 0.2) is 54.7 Å². The molecule has 21 heavy (non-hydrogen) atoms. The Labute approximate surface area is 120 Å². The van der Waals surface area contributed by atoms with E-state index < -0.39 is 5.82 Å². The molecule has 1 aromatic heterocycles. The van der Waals surface area contributed by atoms with Gasteiger partial charge < -0.3 is 15.0 Å². The quantitative estimate of drug-likeness (QED) is 0.772. The zero-order valence-electron chi connectivity index (χ0n) is 11.1. The molecular weight excluding hydrogens is 271 g/mol. The minimum absolute atomic E-state index is 0.132. The number of carbonyl (C=O) groups excluding carboxylic acids is 1. The Balaban J connectivity index is 1.60. The van der Waals surface area contributed by atoms with Crippen molar-refractivity contribution in [1.82, 2.24) is 4.98 Å². The number of hydrogen-bond acceptors (Lipinski definition) is 2. The highest BCUT2D eigenvalue weighted by atomic mass is 19.1. The number of anilines is 1. The van der Waals surface area contributed by atoms with Gasteiger partial charge in [-0.25, -0.2) is 4.39 Å². The van der Waals surface area contributed by atoms with Crippen molar-refractivity contribution in [3.8, 4) is 5.75 Å². The van der Waals surface area contributed by atoms with E-state index in [0.29, 0.717) is 11.4 Å². The van der Waals surface area contributed by atoms with Gasteiger partial charge in [0, 0.05) is 22.8 Å². The maximum Gasteiger partial charge on any atom is 0.262 e. The van der Waals surface area contributed by atoms with E-state index in [-0.39, 0.29) is 12.5 Å². The number of hydrogen-bond donors (Lipinski definition) is 2. The van der Waals surface area contributed by atoms with Crippen molar-refractivity contribution >= 4 is 22.5 Å². The van der Waals surface area contributed by atoms with Gasteiger partial charge in [0.15, 0.2) is 6.61 Å². The molecule has 0 saturated carbocycles. The third kappa shape index (κ3) is 3.20. The van der Waals surface area contributed by atoms with Crippen LogP contribution in [0.1, 0.15) is 0 Å². The van der Waals surface area contributed by atoms with E-state index in [4.69, 9.17) is 4.74 Å². The summed E-state index contributed by atoms with van der Waals surface area (Å²) >= 11 is 0. The summed E-state index contributed by atoms with van der Waals surface area (Å²) in [5, 5.41) is 3.59. The first kappa shape index (κ1) is 13.2. The number of nitrogens with one attached hydrogen (secondary N) is 2. The lowest BCUT2D eigenvalue weighted by Crippen LogP contribution is -2.20. The molecule has 0 bridgehead atoms. The number of ether oxygens (including phenoxy) is 1. The van der Waals surface area contributed by atoms with Crippen LogP contribution in [-0.4, -0.2) is 17.5 Å². The molecule has 0 radical (unpaired) electrons. The van der Waals surface area contributed by atoms with Gasteiger partial charge in [0.1, 0.15) is 11.6 Å². The van der Waals surface area contributed by atoms with Gasteiger partial charge >= 0.3 is 0 Å². The summed E-state index contributed by atoms with van der Waals surface area (Å²) in [5.74, 6) is -0.127. The molecule has 2 N–H and O–H groups in total. The number of benzene rings is 2. The van der Waals surface area contributed by atoms with E-state index >= 15 is 0 Å². The molecule has 2 aromatic carbocycles. The summed E-state index contributed by atoms with van der Waals surface area (Å²) < 4.78 is 18.4. The minimum Gasteiger partial charge on any atom is -0.484 e.